The molecule has 0 saturated heterocycles. The van der Waals surface area contributed by atoms with Crippen LogP contribution in [0.15, 0.2) is 35.4 Å². The van der Waals surface area contributed by atoms with E-state index in [-0.39, 0.29) is 10.6 Å². The number of fused-ring (bicyclic) bond motifs is 3. The van der Waals surface area contributed by atoms with Crippen molar-refractivity contribution in [1.82, 2.24) is 19.6 Å². The van der Waals surface area contributed by atoms with Gasteiger partial charge in [-0.1, -0.05) is 0 Å². The number of aromatic nitrogens is 2. The summed E-state index contributed by atoms with van der Waals surface area (Å²) in [6.07, 6.45) is 2.20. The number of rotatable bonds is 7. The van der Waals surface area contributed by atoms with Gasteiger partial charge in [0.15, 0.2) is 5.69 Å². The number of pyridine rings is 1. The molecule has 0 radical (unpaired) electrons. The second kappa shape index (κ2) is 7.02. The van der Waals surface area contributed by atoms with Gasteiger partial charge in [0.2, 0.25) is 10.0 Å². The minimum absolute atomic E-state index is 0.130. The molecule has 2 aromatic heterocycles. The predicted octanol–water partition coefficient (Wildman–Crippen LogP) is 1.05. The summed E-state index contributed by atoms with van der Waals surface area (Å²) in [6.45, 7) is 1.16. The Hall–Kier alpha value is -2.49. The van der Waals surface area contributed by atoms with Gasteiger partial charge in [-0.05, 0) is 51.3 Å². The maximum Gasteiger partial charge on any atom is 0.269 e. The molecule has 3 rings (SSSR count). The molecule has 26 heavy (non-hydrogen) atoms. The normalized spacial score (nSPS) is 12.3. The number of sulfonamides is 1. The summed E-state index contributed by atoms with van der Waals surface area (Å²) < 4.78 is 27.7. The Kier molecular flexibility index (Phi) is 4.94. The van der Waals surface area contributed by atoms with Crippen molar-refractivity contribution in [2.45, 2.75) is 11.3 Å². The maximum atomic E-state index is 12.5. The van der Waals surface area contributed by atoms with Crippen LogP contribution < -0.4 is 10.5 Å². The van der Waals surface area contributed by atoms with Crippen molar-refractivity contribution in [1.29, 1.82) is 0 Å². The molecule has 0 saturated carbocycles. The third kappa shape index (κ3) is 3.55. The minimum atomic E-state index is -3.61. The van der Waals surface area contributed by atoms with Gasteiger partial charge >= 0.3 is 0 Å². The Labute approximate surface area is 151 Å². The second-order valence-electron chi connectivity index (χ2n) is 6.33. The van der Waals surface area contributed by atoms with E-state index in [0.29, 0.717) is 28.4 Å². The number of aromatic amines is 1. The first kappa shape index (κ1) is 18.3. The van der Waals surface area contributed by atoms with Crippen molar-refractivity contribution in [3.63, 3.8) is 0 Å². The highest BCUT2D eigenvalue weighted by Crippen LogP contribution is 2.28. The lowest BCUT2D eigenvalue weighted by atomic mass is 10.1. The SMILES string of the molecule is CN(C)CCCNS(=O)(=O)c1ccc2[nH]c3c(C(N)=O)nccc3c2c1. The molecule has 0 fully saturated rings. The number of nitrogens with one attached hydrogen (secondary N) is 2. The van der Waals surface area contributed by atoms with E-state index in [1.165, 1.54) is 12.3 Å². The second-order valence-corrected chi connectivity index (χ2v) is 8.10. The molecule has 1 amide bonds. The molecular formula is C17H21N5O3S. The van der Waals surface area contributed by atoms with Crippen LogP contribution in [0.1, 0.15) is 16.9 Å². The molecule has 8 nitrogen and oxygen atoms in total. The summed E-state index contributed by atoms with van der Waals surface area (Å²) in [5.74, 6) is -0.641. The van der Waals surface area contributed by atoms with Gasteiger partial charge in [0.05, 0.1) is 10.4 Å². The fourth-order valence-corrected chi connectivity index (χ4v) is 3.94. The van der Waals surface area contributed by atoms with Gasteiger partial charge in [0, 0.05) is 29.0 Å². The van der Waals surface area contributed by atoms with Crippen LogP contribution in [0.3, 0.4) is 0 Å². The Morgan fingerprint density at radius 2 is 2.04 bits per heavy atom. The highest BCUT2D eigenvalue weighted by Gasteiger charge is 2.17. The molecule has 0 spiro atoms. The first-order chi connectivity index (χ1) is 12.3. The topological polar surface area (TPSA) is 121 Å². The molecule has 4 N–H and O–H groups in total. The fourth-order valence-electron chi connectivity index (χ4n) is 2.84. The molecular weight excluding hydrogens is 354 g/mol. The summed E-state index contributed by atoms with van der Waals surface area (Å²) >= 11 is 0. The van der Waals surface area contributed by atoms with Crippen LogP contribution in [0, 0.1) is 0 Å². The number of carbonyl (C=O) groups is 1. The summed E-state index contributed by atoms with van der Waals surface area (Å²) in [5, 5.41) is 1.40. The number of H-pyrrole nitrogens is 1. The molecule has 138 valence electrons. The molecule has 0 unspecified atom stereocenters. The van der Waals surface area contributed by atoms with E-state index in [0.717, 1.165) is 13.0 Å². The maximum absolute atomic E-state index is 12.5. The van der Waals surface area contributed by atoms with Crippen molar-refractivity contribution in [2.24, 2.45) is 5.73 Å². The van der Waals surface area contributed by atoms with Gasteiger partial charge in [-0.3, -0.25) is 4.79 Å². The fraction of sp³-hybridized carbons (Fsp3) is 0.294. The molecule has 0 aliphatic rings. The zero-order chi connectivity index (χ0) is 18.9. The van der Waals surface area contributed by atoms with Crippen LogP contribution in [-0.4, -0.2) is 56.4 Å². The number of carbonyl (C=O) groups excluding carboxylic acids is 1. The molecule has 1 aromatic carbocycles. The Bertz CT molecular complexity index is 1070. The highest BCUT2D eigenvalue weighted by atomic mass is 32.2. The Morgan fingerprint density at radius 3 is 2.73 bits per heavy atom. The molecule has 0 aliphatic heterocycles. The number of amides is 1. The summed E-state index contributed by atoms with van der Waals surface area (Å²) in [4.78, 5) is 20.8. The van der Waals surface area contributed by atoms with Crippen molar-refractivity contribution in [3.05, 3.63) is 36.2 Å². The van der Waals surface area contributed by atoms with Gasteiger partial charge in [0.1, 0.15) is 0 Å². The summed E-state index contributed by atoms with van der Waals surface area (Å²) in [7, 11) is 0.266. The largest absolute Gasteiger partial charge is 0.364 e. The van der Waals surface area contributed by atoms with E-state index in [9.17, 15) is 13.2 Å². The van der Waals surface area contributed by atoms with Gasteiger partial charge < -0.3 is 15.6 Å². The zero-order valence-corrected chi connectivity index (χ0v) is 15.4. The number of primary amides is 1. The number of hydrogen-bond acceptors (Lipinski definition) is 5. The van der Waals surface area contributed by atoms with E-state index in [2.05, 4.69) is 14.7 Å². The lowest BCUT2D eigenvalue weighted by Crippen LogP contribution is -2.27. The van der Waals surface area contributed by atoms with Gasteiger partial charge in [-0.2, -0.15) is 0 Å². The van der Waals surface area contributed by atoms with E-state index in [4.69, 9.17) is 5.73 Å². The Morgan fingerprint density at radius 1 is 1.27 bits per heavy atom. The first-order valence-electron chi connectivity index (χ1n) is 8.14. The molecule has 3 aromatic rings. The van der Waals surface area contributed by atoms with E-state index in [1.807, 2.05) is 19.0 Å². The average molecular weight is 375 g/mol. The molecule has 0 atom stereocenters. The third-order valence-electron chi connectivity index (χ3n) is 4.11. The molecule has 0 aliphatic carbocycles. The van der Waals surface area contributed by atoms with Crippen LogP contribution in [0.2, 0.25) is 0 Å². The van der Waals surface area contributed by atoms with Crippen molar-refractivity contribution in [2.75, 3.05) is 27.2 Å². The molecule has 2 heterocycles. The van der Waals surface area contributed by atoms with Crippen molar-refractivity contribution in [3.8, 4) is 0 Å². The van der Waals surface area contributed by atoms with E-state index in [1.54, 1.807) is 18.2 Å². The number of nitrogens with zero attached hydrogens (tertiary/aromatic N) is 2. The van der Waals surface area contributed by atoms with Gasteiger partial charge in [0.25, 0.3) is 5.91 Å². The van der Waals surface area contributed by atoms with Crippen LogP contribution in [0.25, 0.3) is 21.8 Å². The monoisotopic (exact) mass is 375 g/mol. The van der Waals surface area contributed by atoms with Crippen LogP contribution in [-0.2, 0) is 10.0 Å². The lowest BCUT2D eigenvalue weighted by molar-refractivity contribution is 0.0997. The van der Waals surface area contributed by atoms with E-state index < -0.39 is 15.9 Å². The first-order valence-corrected chi connectivity index (χ1v) is 9.62. The standard InChI is InChI=1S/C17H21N5O3S/c1-22(2)9-3-7-20-26(24,25)11-4-5-14-13(10-11)12-6-8-19-16(17(18)23)15(12)21-14/h4-6,8,10,20-21H,3,7,9H2,1-2H3,(H2,18,23). The van der Waals surface area contributed by atoms with Gasteiger partial charge in [-0.25, -0.2) is 18.1 Å². The van der Waals surface area contributed by atoms with Crippen molar-refractivity contribution >= 4 is 37.7 Å². The predicted molar refractivity (Wildman–Crippen MR) is 100 cm³/mol. The summed E-state index contributed by atoms with van der Waals surface area (Å²) in [6, 6.07) is 6.52. The van der Waals surface area contributed by atoms with E-state index >= 15 is 0 Å². The van der Waals surface area contributed by atoms with Crippen LogP contribution in [0.5, 0.6) is 0 Å². The average Bonchev–Trinajstić information content (AvgIpc) is 2.96. The number of hydrogen-bond donors (Lipinski definition) is 3. The lowest BCUT2D eigenvalue weighted by Gasteiger charge is -2.10. The zero-order valence-electron chi connectivity index (χ0n) is 14.6. The van der Waals surface area contributed by atoms with Crippen LogP contribution in [0.4, 0.5) is 0 Å². The van der Waals surface area contributed by atoms with Crippen molar-refractivity contribution < 1.29 is 13.2 Å². The molecule has 0 bridgehead atoms. The van der Waals surface area contributed by atoms with Gasteiger partial charge in [-0.15, -0.1) is 0 Å². The molecule has 9 heteroatoms. The minimum Gasteiger partial charge on any atom is -0.364 e. The highest BCUT2D eigenvalue weighted by molar-refractivity contribution is 7.89. The number of benzene rings is 1. The quantitative estimate of drug-likeness (QED) is 0.533. The third-order valence-corrected chi connectivity index (χ3v) is 5.57. The number of nitrogens with two attached hydrogens (primary N) is 1. The summed E-state index contributed by atoms with van der Waals surface area (Å²) in [5.41, 5.74) is 6.70. The van der Waals surface area contributed by atoms with Crippen LogP contribution >= 0.6 is 0 Å². The Balaban J connectivity index is 1.97. The smallest absolute Gasteiger partial charge is 0.269 e.